The Bertz CT molecular complexity index is 729. The van der Waals surface area contributed by atoms with Gasteiger partial charge in [-0.05, 0) is 57.2 Å². The fourth-order valence-electron chi connectivity index (χ4n) is 2.37. The molecule has 1 aliphatic rings. The zero-order chi connectivity index (χ0) is 18.7. The van der Waals surface area contributed by atoms with Crippen molar-refractivity contribution in [2.24, 2.45) is 4.99 Å². The summed E-state index contributed by atoms with van der Waals surface area (Å²) in [6, 6.07) is 3.59. The van der Waals surface area contributed by atoms with Gasteiger partial charge in [-0.25, -0.2) is 0 Å². The molecule has 1 aromatic carbocycles. The van der Waals surface area contributed by atoms with Gasteiger partial charge in [0.05, 0.1) is 24.1 Å². The number of halogens is 1. The number of thioether (sulfide) groups is 1. The third-order valence-corrected chi connectivity index (χ3v) is 4.84. The van der Waals surface area contributed by atoms with E-state index in [0.29, 0.717) is 27.0 Å². The number of rotatable bonds is 5. The van der Waals surface area contributed by atoms with Crippen LogP contribution >= 0.6 is 23.4 Å². The lowest BCUT2D eigenvalue weighted by atomic mass is 10.1. The Morgan fingerprint density at radius 3 is 2.28 bits per heavy atom. The van der Waals surface area contributed by atoms with Crippen LogP contribution in [0.2, 0.25) is 5.02 Å². The molecule has 0 aromatic heterocycles. The summed E-state index contributed by atoms with van der Waals surface area (Å²) >= 11 is 7.71. The summed E-state index contributed by atoms with van der Waals surface area (Å²) in [6.45, 7) is 7.92. The van der Waals surface area contributed by atoms with Crippen molar-refractivity contribution >= 4 is 40.5 Å². The molecule has 0 radical (unpaired) electrons. The summed E-state index contributed by atoms with van der Waals surface area (Å²) in [5.74, 6) is 1.04. The van der Waals surface area contributed by atoms with Gasteiger partial charge in [0.2, 0.25) is 0 Å². The van der Waals surface area contributed by atoms with E-state index in [-0.39, 0.29) is 18.0 Å². The lowest BCUT2D eigenvalue weighted by Crippen LogP contribution is -2.35. The number of benzene rings is 1. The van der Waals surface area contributed by atoms with Crippen molar-refractivity contribution in [3.63, 3.8) is 0 Å². The zero-order valence-corrected chi connectivity index (χ0v) is 16.9. The van der Waals surface area contributed by atoms with Gasteiger partial charge in [-0.3, -0.25) is 14.7 Å². The van der Waals surface area contributed by atoms with E-state index >= 15 is 0 Å². The van der Waals surface area contributed by atoms with E-state index < -0.39 is 0 Å². The number of hydrogen-bond acceptors (Lipinski definition) is 5. The summed E-state index contributed by atoms with van der Waals surface area (Å²) in [7, 11) is 3.11. The topological polar surface area (TPSA) is 51.1 Å². The maximum absolute atomic E-state index is 12.8. The Kier molecular flexibility index (Phi) is 6.41. The molecule has 0 bridgehead atoms. The Balaban J connectivity index is 2.46. The first kappa shape index (κ1) is 19.7. The molecule has 1 amide bonds. The Morgan fingerprint density at radius 1 is 1.16 bits per heavy atom. The maximum Gasteiger partial charge on any atom is 0.266 e. The average molecular weight is 383 g/mol. The predicted octanol–water partition coefficient (Wildman–Crippen LogP) is 4.45. The predicted molar refractivity (Wildman–Crippen MR) is 105 cm³/mol. The van der Waals surface area contributed by atoms with Crippen molar-refractivity contribution < 1.29 is 14.3 Å². The van der Waals surface area contributed by atoms with Crippen LogP contribution < -0.4 is 9.47 Å². The van der Waals surface area contributed by atoms with E-state index in [1.807, 2.05) is 27.7 Å². The van der Waals surface area contributed by atoms with E-state index in [0.717, 1.165) is 5.17 Å². The molecule has 1 saturated heterocycles. The zero-order valence-electron chi connectivity index (χ0n) is 15.3. The van der Waals surface area contributed by atoms with Crippen LogP contribution in [0.1, 0.15) is 33.3 Å². The quantitative estimate of drug-likeness (QED) is 0.706. The SMILES string of the molecule is COc1cc(Cl)c(/C=C2/SC(=NC(C)C)N(C(C)C)C2=O)cc1OC. The highest BCUT2D eigenvalue weighted by atomic mass is 35.5. The molecule has 0 unspecified atom stereocenters. The van der Waals surface area contributed by atoms with Gasteiger partial charge in [-0.2, -0.15) is 0 Å². The van der Waals surface area contributed by atoms with Crippen molar-refractivity contribution in [3.05, 3.63) is 27.6 Å². The van der Waals surface area contributed by atoms with Crippen LogP contribution in [0.3, 0.4) is 0 Å². The number of hydrogen-bond donors (Lipinski definition) is 0. The number of aliphatic imine (C=N–C) groups is 1. The monoisotopic (exact) mass is 382 g/mol. The lowest BCUT2D eigenvalue weighted by Gasteiger charge is -2.20. The molecule has 0 spiro atoms. The Labute approximate surface area is 158 Å². The van der Waals surface area contributed by atoms with Gasteiger partial charge in [0.25, 0.3) is 5.91 Å². The van der Waals surface area contributed by atoms with Crippen LogP contribution in [0.4, 0.5) is 0 Å². The molecular formula is C18H23ClN2O3S. The van der Waals surface area contributed by atoms with Crippen LogP contribution in [-0.2, 0) is 4.79 Å². The second-order valence-corrected chi connectivity index (χ2v) is 7.53. The molecule has 5 nitrogen and oxygen atoms in total. The van der Waals surface area contributed by atoms with Crippen molar-refractivity contribution in [2.45, 2.75) is 39.8 Å². The van der Waals surface area contributed by atoms with Crippen molar-refractivity contribution in [3.8, 4) is 11.5 Å². The minimum Gasteiger partial charge on any atom is -0.493 e. The summed E-state index contributed by atoms with van der Waals surface area (Å²) in [5.41, 5.74) is 0.699. The molecule has 136 valence electrons. The number of methoxy groups -OCH3 is 2. The minimum atomic E-state index is -0.0646. The van der Waals surface area contributed by atoms with E-state index in [2.05, 4.69) is 4.99 Å². The van der Waals surface area contributed by atoms with Crippen LogP contribution in [0.5, 0.6) is 11.5 Å². The van der Waals surface area contributed by atoms with E-state index in [4.69, 9.17) is 21.1 Å². The van der Waals surface area contributed by atoms with E-state index in [1.165, 1.54) is 11.8 Å². The van der Waals surface area contributed by atoms with Gasteiger partial charge in [0.15, 0.2) is 16.7 Å². The van der Waals surface area contributed by atoms with Gasteiger partial charge >= 0.3 is 0 Å². The highest BCUT2D eigenvalue weighted by Gasteiger charge is 2.35. The number of amidine groups is 1. The molecule has 1 fully saturated rings. The van der Waals surface area contributed by atoms with Crippen LogP contribution in [0, 0.1) is 0 Å². The van der Waals surface area contributed by atoms with Crippen LogP contribution in [0.25, 0.3) is 6.08 Å². The van der Waals surface area contributed by atoms with Gasteiger partial charge in [-0.15, -0.1) is 0 Å². The smallest absolute Gasteiger partial charge is 0.266 e. The van der Waals surface area contributed by atoms with Gasteiger partial charge in [0.1, 0.15) is 0 Å². The summed E-state index contributed by atoms with van der Waals surface area (Å²) in [5, 5.41) is 1.21. The van der Waals surface area contributed by atoms with Gasteiger partial charge in [-0.1, -0.05) is 11.6 Å². The first-order valence-electron chi connectivity index (χ1n) is 8.00. The fraction of sp³-hybridized carbons (Fsp3) is 0.444. The van der Waals surface area contributed by atoms with Crippen LogP contribution in [-0.4, -0.2) is 42.3 Å². The molecule has 0 aliphatic carbocycles. The molecular weight excluding hydrogens is 360 g/mol. The Hall–Kier alpha value is -1.66. The number of carbonyl (C=O) groups is 1. The number of ether oxygens (including phenoxy) is 2. The summed E-state index contributed by atoms with van der Waals surface area (Å²) in [6.07, 6.45) is 1.77. The Morgan fingerprint density at radius 2 is 1.76 bits per heavy atom. The number of amides is 1. The third kappa shape index (κ3) is 4.30. The second kappa shape index (κ2) is 8.15. The summed E-state index contributed by atoms with van der Waals surface area (Å²) in [4.78, 5) is 19.7. The fourth-order valence-corrected chi connectivity index (χ4v) is 3.81. The number of nitrogens with zero attached hydrogens (tertiary/aromatic N) is 2. The van der Waals surface area contributed by atoms with Crippen molar-refractivity contribution in [1.82, 2.24) is 4.90 Å². The maximum atomic E-state index is 12.8. The largest absolute Gasteiger partial charge is 0.493 e. The molecule has 25 heavy (non-hydrogen) atoms. The standard InChI is InChI=1S/C18H23ClN2O3S/c1-10(2)20-18-21(11(3)4)17(22)16(25-18)8-12-7-14(23-5)15(24-6)9-13(12)19/h7-11H,1-6H3/b16-8+,20-18?. The first-order chi connectivity index (χ1) is 11.8. The first-order valence-corrected chi connectivity index (χ1v) is 9.20. The third-order valence-electron chi connectivity index (χ3n) is 3.51. The van der Waals surface area contributed by atoms with Gasteiger partial charge in [0, 0.05) is 18.2 Å². The minimum absolute atomic E-state index is 0.0317. The molecule has 1 aliphatic heterocycles. The van der Waals surface area contributed by atoms with Crippen LogP contribution in [0.15, 0.2) is 22.0 Å². The van der Waals surface area contributed by atoms with Gasteiger partial charge < -0.3 is 9.47 Å². The van der Waals surface area contributed by atoms with Crippen molar-refractivity contribution in [1.29, 1.82) is 0 Å². The highest BCUT2D eigenvalue weighted by Crippen LogP contribution is 2.38. The summed E-state index contributed by atoms with van der Waals surface area (Å²) < 4.78 is 10.6. The molecule has 7 heteroatoms. The van der Waals surface area contributed by atoms with E-state index in [9.17, 15) is 4.79 Å². The van der Waals surface area contributed by atoms with Crippen molar-refractivity contribution in [2.75, 3.05) is 14.2 Å². The molecule has 0 saturated carbocycles. The molecule has 0 N–H and O–H groups in total. The molecule has 1 aromatic rings. The number of carbonyl (C=O) groups excluding carboxylic acids is 1. The molecule has 2 rings (SSSR count). The lowest BCUT2D eigenvalue weighted by molar-refractivity contribution is -0.123. The normalized spacial score (nSPS) is 18.1. The molecule has 0 atom stereocenters. The average Bonchev–Trinajstić information content (AvgIpc) is 2.83. The highest BCUT2D eigenvalue weighted by molar-refractivity contribution is 8.18. The van der Waals surface area contributed by atoms with E-state index in [1.54, 1.807) is 37.3 Å². The molecule has 1 heterocycles. The second-order valence-electron chi connectivity index (χ2n) is 6.11.